The molecular formula is C16H20FN3. The Balaban J connectivity index is 2.24. The Labute approximate surface area is 119 Å². The first kappa shape index (κ1) is 14.5. The quantitative estimate of drug-likeness (QED) is 0.880. The number of hydrogen-bond donors (Lipinski definition) is 1. The van der Waals surface area contributed by atoms with Crippen LogP contribution in [0.2, 0.25) is 0 Å². The van der Waals surface area contributed by atoms with E-state index in [0.29, 0.717) is 25.3 Å². The van der Waals surface area contributed by atoms with Crippen LogP contribution >= 0.6 is 0 Å². The van der Waals surface area contributed by atoms with Gasteiger partial charge in [0.1, 0.15) is 5.82 Å². The number of benzene rings is 1. The van der Waals surface area contributed by atoms with Gasteiger partial charge in [0.05, 0.1) is 17.9 Å². The summed E-state index contributed by atoms with van der Waals surface area (Å²) >= 11 is 0. The first-order valence-corrected chi connectivity index (χ1v) is 6.82. The number of halogens is 1. The molecule has 0 saturated heterocycles. The summed E-state index contributed by atoms with van der Waals surface area (Å²) in [5.74, 6) is -0.210. The van der Waals surface area contributed by atoms with E-state index in [1.165, 1.54) is 6.07 Å². The number of anilines is 1. The molecule has 2 rings (SSSR count). The minimum absolute atomic E-state index is 0.210. The third kappa shape index (κ3) is 3.54. The van der Waals surface area contributed by atoms with Crippen LogP contribution in [0.25, 0.3) is 0 Å². The molecule has 1 heterocycles. The van der Waals surface area contributed by atoms with Gasteiger partial charge in [0.2, 0.25) is 0 Å². The lowest BCUT2D eigenvalue weighted by atomic mass is 10.2. The highest BCUT2D eigenvalue weighted by Gasteiger charge is 2.12. The molecule has 0 aliphatic rings. The molecule has 0 unspecified atom stereocenters. The molecule has 20 heavy (non-hydrogen) atoms. The molecule has 0 radical (unpaired) electrons. The van der Waals surface area contributed by atoms with Crippen molar-refractivity contribution in [3.63, 3.8) is 0 Å². The highest BCUT2D eigenvalue weighted by atomic mass is 19.1. The van der Waals surface area contributed by atoms with Crippen LogP contribution in [-0.2, 0) is 6.54 Å². The van der Waals surface area contributed by atoms with Gasteiger partial charge >= 0.3 is 0 Å². The van der Waals surface area contributed by atoms with Crippen molar-refractivity contribution in [1.82, 2.24) is 4.98 Å². The van der Waals surface area contributed by atoms with Crippen molar-refractivity contribution >= 4 is 5.69 Å². The Morgan fingerprint density at radius 3 is 2.70 bits per heavy atom. The summed E-state index contributed by atoms with van der Waals surface area (Å²) in [5, 5.41) is 0. The highest BCUT2D eigenvalue weighted by Crippen LogP contribution is 2.21. The number of nitrogens with zero attached hydrogens (tertiary/aromatic N) is 2. The largest absolute Gasteiger partial charge is 0.363 e. The Hall–Kier alpha value is -1.94. The molecule has 1 aromatic carbocycles. The van der Waals surface area contributed by atoms with Crippen molar-refractivity contribution in [1.29, 1.82) is 0 Å². The summed E-state index contributed by atoms with van der Waals surface area (Å²) in [6, 6.07) is 10.8. The molecule has 0 atom stereocenters. The fourth-order valence-electron chi connectivity index (χ4n) is 2.14. The number of aryl methyl sites for hydroxylation is 1. The topological polar surface area (TPSA) is 42.2 Å². The van der Waals surface area contributed by atoms with E-state index in [0.717, 1.165) is 17.7 Å². The third-order valence-electron chi connectivity index (χ3n) is 3.28. The second kappa shape index (κ2) is 7.01. The van der Waals surface area contributed by atoms with Gasteiger partial charge in [-0.3, -0.25) is 4.98 Å². The highest BCUT2D eigenvalue weighted by molar-refractivity contribution is 5.48. The van der Waals surface area contributed by atoms with E-state index in [1.54, 1.807) is 18.3 Å². The second-order valence-electron chi connectivity index (χ2n) is 4.78. The predicted molar refractivity (Wildman–Crippen MR) is 80.1 cm³/mol. The maximum absolute atomic E-state index is 14.0. The van der Waals surface area contributed by atoms with Crippen molar-refractivity contribution in [2.75, 3.05) is 18.0 Å². The van der Waals surface area contributed by atoms with E-state index in [2.05, 4.69) is 4.98 Å². The van der Waals surface area contributed by atoms with Gasteiger partial charge in [-0.1, -0.05) is 18.2 Å². The summed E-state index contributed by atoms with van der Waals surface area (Å²) in [6.45, 7) is 3.91. The Kier molecular flexibility index (Phi) is 5.07. The van der Waals surface area contributed by atoms with Gasteiger partial charge in [0.15, 0.2) is 0 Å². The first-order chi connectivity index (χ1) is 9.72. The molecule has 3 nitrogen and oxygen atoms in total. The van der Waals surface area contributed by atoms with Gasteiger partial charge in [0, 0.05) is 12.7 Å². The van der Waals surface area contributed by atoms with Gasteiger partial charge in [-0.05, 0) is 43.7 Å². The fourth-order valence-corrected chi connectivity index (χ4v) is 2.14. The molecule has 0 fully saturated rings. The van der Waals surface area contributed by atoms with Gasteiger partial charge < -0.3 is 10.6 Å². The van der Waals surface area contributed by atoms with Gasteiger partial charge in [-0.25, -0.2) is 4.39 Å². The minimum Gasteiger partial charge on any atom is -0.363 e. The van der Waals surface area contributed by atoms with E-state index in [4.69, 9.17) is 5.73 Å². The van der Waals surface area contributed by atoms with Crippen LogP contribution in [0.4, 0.5) is 10.1 Å². The summed E-state index contributed by atoms with van der Waals surface area (Å²) in [4.78, 5) is 6.38. The average molecular weight is 273 g/mol. The molecule has 0 spiro atoms. The maximum Gasteiger partial charge on any atom is 0.146 e. The van der Waals surface area contributed by atoms with Crippen LogP contribution in [0.15, 0.2) is 42.6 Å². The lowest BCUT2D eigenvalue weighted by Gasteiger charge is -2.25. The fraction of sp³-hybridized carbons (Fsp3) is 0.312. The maximum atomic E-state index is 14.0. The number of nitrogens with two attached hydrogens (primary N) is 1. The smallest absolute Gasteiger partial charge is 0.146 e. The summed E-state index contributed by atoms with van der Waals surface area (Å²) in [7, 11) is 0. The Bertz CT molecular complexity index is 557. The molecular weight excluding hydrogens is 253 g/mol. The molecule has 4 heteroatoms. The molecule has 0 amide bonds. The summed E-state index contributed by atoms with van der Waals surface area (Å²) in [5.41, 5.74) is 8.26. The van der Waals surface area contributed by atoms with Crippen molar-refractivity contribution in [2.24, 2.45) is 5.73 Å². The number of hydrogen-bond acceptors (Lipinski definition) is 3. The lowest BCUT2D eigenvalue weighted by Crippen LogP contribution is -2.27. The predicted octanol–water partition coefficient (Wildman–Crippen LogP) is 2.88. The average Bonchev–Trinajstić information content (AvgIpc) is 2.46. The van der Waals surface area contributed by atoms with Crippen LogP contribution in [0.1, 0.15) is 17.7 Å². The van der Waals surface area contributed by atoms with Crippen molar-refractivity contribution < 1.29 is 4.39 Å². The van der Waals surface area contributed by atoms with Gasteiger partial charge in [0.25, 0.3) is 0 Å². The van der Waals surface area contributed by atoms with Gasteiger partial charge in [-0.2, -0.15) is 0 Å². The zero-order valence-electron chi connectivity index (χ0n) is 11.7. The van der Waals surface area contributed by atoms with Gasteiger partial charge in [-0.15, -0.1) is 0 Å². The number of para-hydroxylation sites is 1. The van der Waals surface area contributed by atoms with Crippen LogP contribution in [-0.4, -0.2) is 18.1 Å². The van der Waals surface area contributed by atoms with Crippen LogP contribution in [0, 0.1) is 12.7 Å². The van der Waals surface area contributed by atoms with E-state index >= 15 is 0 Å². The zero-order chi connectivity index (χ0) is 14.4. The normalized spacial score (nSPS) is 10.6. The van der Waals surface area contributed by atoms with E-state index in [-0.39, 0.29) is 5.82 Å². The zero-order valence-corrected chi connectivity index (χ0v) is 11.7. The first-order valence-electron chi connectivity index (χ1n) is 6.82. The molecule has 0 saturated carbocycles. The lowest BCUT2D eigenvalue weighted by molar-refractivity contribution is 0.611. The van der Waals surface area contributed by atoms with E-state index < -0.39 is 0 Å². The van der Waals surface area contributed by atoms with Crippen LogP contribution in [0.5, 0.6) is 0 Å². The molecule has 0 bridgehead atoms. The standard InChI is InChI=1S/C16H20FN3/c1-13-6-4-10-19-15(13)12-20(11-5-9-18)16-8-3-2-7-14(16)17/h2-4,6-8,10H,5,9,11-12,18H2,1H3. The number of aromatic nitrogens is 1. The molecule has 2 N–H and O–H groups in total. The minimum atomic E-state index is -0.210. The van der Waals surface area contributed by atoms with Crippen molar-refractivity contribution in [3.8, 4) is 0 Å². The van der Waals surface area contributed by atoms with Crippen molar-refractivity contribution in [2.45, 2.75) is 19.9 Å². The van der Waals surface area contributed by atoms with Crippen LogP contribution < -0.4 is 10.6 Å². The molecule has 0 aliphatic carbocycles. The molecule has 106 valence electrons. The molecule has 0 aliphatic heterocycles. The summed E-state index contributed by atoms with van der Waals surface area (Å²) in [6.07, 6.45) is 2.59. The Morgan fingerprint density at radius 2 is 2.00 bits per heavy atom. The SMILES string of the molecule is Cc1cccnc1CN(CCCN)c1ccccc1F. The monoisotopic (exact) mass is 273 g/mol. The van der Waals surface area contributed by atoms with Crippen molar-refractivity contribution in [3.05, 3.63) is 59.7 Å². The Morgan fingerprint density at radius 1 is 1.20 bits per heavy atom. The number of rotatable bonds is 6. The summed E-state index contributed by atoms with van der Waals surface area (Å²) < 4.78 is 14.0. The third-order valence-corrected chi connectivity index (χ3v) is 3.28. The second-order valence-corrected chi connectivity index (χ2v) is 4.78. The number of pyridine rings is 1. The van der Waals surface area contributed by atoms with E-state index in [9.17, 15) is 4.39 Å². The van der Waals surface area contributed by atoms with E-state index in [1.807, 2.05) is 30.0 Å². The van der Waals surface area contributed by atoms with Crippen LogP contribution in [0.3, 0.4) is 0 Å². The molecule has 2 aromatic rings. The molecule has 1 aromatic heterocycles.